The lowest BCUT2D eigenvalue weighted by Gasteiger charge is -2.39. The highest BCUT2D eigenvalue weighted by Crippen LogP contribution is 2.30. The molecule has 2 fully saturated rings. The number of pyridine rings is 1. The standard InChI is InChI=1S/C26H30N6O3S/c1-16-9-23-21(24-22(25(33)29-23)11-28-32(24)19-3-7-35-8-4-19)10-20(16)26(34)31-6-5-30(17(2)12-31)13-18-14-36-15-27-18/h9-11,14-15,17,19H,3-8,12-13H2,1-2H3,(H,29,33)/t17-/m0/s1. The number of aryl methyl sites for hydroxylation is 1. The highest BCUT2D eigenvalue weighted by Gasteiger charge is 2.29. The number of fused-ring (bicyclic) bond motifs is 3. The molecule has 0 radical (unpaired) electrons. The highest BCUT2D eigenvalue weighted by molar-refractivity contribution is 7.07. The second-order valence-electron chi connectivity index (χ2n) is 9.91. The van der Waals surface area contributed by atoms with Crippen molar-refractivity contribution in [3.05, 3.63) is 56.4 Å². The number of ether oxygens (including phenoxy) is 1. The number of nitrogens with zero attached hydrogens (tertiary/aromatic N) is 5. The Morgan fingerprint density at radius 2 is 2.06 bits per heavy atom. The van der Waals surface area contributed by atoms with Gasteiger partial charge in [-0.3, -0.25) is 19.2 Å². The number of carbonyl (C=O) groups excluding carboxylic acids is 1. The fourth-order valence-corrected chi connectivity index (χ4v) is 6.09. The molecule has 3 aromatic heterocycles. The molecule has 1 N–H and O–H groups in total. The molecule has 0 saturated carbocycles. The van der Waals surface area contributed by atoms with Crippen molar-refractivity contribution >= 4 is 39.0 Å². The quantitative estimate of drug-likeness (QED) is 0.456. The van der Waals surface area contributed by atoms with E-state index in [9.17, 15) is 9.59 Å². The molecule has 36 heavy (non-hydrogen) atoms. The lowest BCUT2D eigenvalue weighted by atomic mass is 10.0. The summed E-state index contributed by atoms with van der Waals surface area (Å²) in [5.74, 6) is 0.0334. The average Bonchev–Trinajstić information content (AvgIpc) is 3.56. The maximum Gasteiger partial charge on any atom is 0.259 e. The van der Waals surface area contributed by atoms with Crippen LogP contribution in [0.2, 0.25) is 0 Å². The van der Waals surface area contributed by atoms with E-state index in [0.717, 1.165) is 53.6 Å². The summed E-state index contributed by atoms with van der Waals surface area (Å²) in [5, 5.41) is 8.10. The first-order chi connectivity index (χ1) is 17.5. The van der Waals surface area contributed by atoms with E-state index < -0.39 is 0 Å². The number of thiazole rings is 1. The van der Waals surface area contributed by atoms with Gasteiger partial charge in [-0.25, -0.2) is 4.98 Å². The number of carbonyl (C=O) groups is 1. The highest BCUT2D eigenvalue weighted by atomic mass is 32.1. The summed E-state index contributed by atoms with van der Waals surface area (Å²) in [6, 6.07) is 4.29. The Balaban J connectivity index is 1.34. The van der Waals surface area contributed by atoms with E-state index in [-0.39, 0.29) is 23.6 Å². The van der Waals surface area contributed by atoms with E-state index in [2.05, 4.69) is 32.3 Å². The molecule has 188 valence electrons. The SMILES string of the molecule is Cc1cc2[nH]c(=O)c3cnn(C4CCOCC4)c3c2cc1C(=O)N1CCN(Cc2cscn2)[C@@H](C)C1. The predicted octanol–water partition coefficient (Wildman–Crippen LogP) is 3.34. The zero-order valence-corrected chi connectivity index (χ0v) is 21.4. The van der Waals surface area contributed by atoms with Crippen LogP contribution in [0, 0.1) is 6.92 Å². The van der Waals surface area contributed by atoms with Crippen LogP contribution in [0.3, 0.4) is 0 Å². The summed E-state index contributed by atoms with van der Waals surface area (Å²) in [7, 11) is 0. The van der Waals surface area contributed by atoms with Crippen LogP contribution in [0.1, 0.15) is 47.4 Å². The minimum atomic E-state index is -0.153. The molecular weight excluding hydrogens is 476 g/mol. The Morgan fingerprint density at radius 1 is 1.22 bits per heavy atom. The van der Waals surface area contributed by atoms with Gasteiger partial charge in [-0.05, 0) is 44.4 Å². The van der Waals surface area contributed by atoms with Gasteiger partial charge in [0.15, 0.2) is 0 Å². The van der Waals surface area contributed by atoms with E-state index in [4.69, 9.17) is 4.74 Å². The van der Waals surface area contributed by atoms with Crippen molar-refractivity contribution in [2.24, 2.45) is 0 Å². The van der Waals surface area contributed by atoms with Crippen LogP contribution < -0.4 is 5.56 Å². The molecule has 4 aromatic rings. The van der Waals surface area contributed by atoms with Gasteiger partial charge in [0.05, 0.1) is 39.9 Å². The van der Waals surface area contributed by atoms with Gasteiger partial charge in [0.25, 0.3) is 11.5 Å². The third kappa shape index (κ3) is 4.12. The van der Waals surface area contributed by atoms with E-state index >= 15 is 0 Å². The molecule has 0 bridgehead atoms. The largest absolute Gasteiger partial charge is 0.381 e. The van der Waals surface area contributed by atoms with Gasteiger partial charge in [-0.2, -0.15) is 5.10 Å². The summed E-state index contributed by atoms with van der Waals surface area (Å²) < 4.78 is 7.50. The Morgan fingerprint density at radius 3 is 2.81 bits per heavy atom. The first-order valence-electron chi connectivity index (χ1n) is 12.5. The molecule has 2 aliphatic heterocycles. The monoisotopic (exact) mass is 506 g/mol. The number of aromatic nitrogens is 4. The van der Waals surface area contributed by atoms with Gasteiger partial charge in [0.1, 0.15) is 0 Å². The average molecular weight is 507 g/mol. The normalized spacial score (nSPS) is 19.9. The molecule has 9 nitrogen and oxygen atoms in total. The first kappa shape index (κ1) is 23.3. The van der Waals surface area contributed by atoms with Crippen molar-refractivity contribution in [2.75, 3.05) is 32.8 Å². The second kappa shape index (κ2) is 9.42. The number of rotatable bonds is 4. The smallest absolute Gasteiger partial charge is 0.259 e. The number of amides is 1. The number of nitrogens with one attached hydrogen (secondary N) is 1. The number of benzene rings is 1. The van der Waals surface area contributed by atoms with E-state index in [1.165, 1.54) is 0 Å². The van der Waals surface area contributed by atoms with E-state index in [0.29, 0.717) is 37.3 Å². The Hall–Kier alpha value is -3.08. The summed E-state index contributed by atoms with van der Waals surface area (Å²) in [5.41, 5.74) is 5.86. The lowest BCUT2D eigenvalue weighted by Crippen LogP contribution is -2.53. The summed E-state index contributed by atoms with van der Waals surface area (Å²) in [6.45, 7) is 8.43. The molecule has 0 spiro atoms. The predicted molar refractivity (Wildman–Crippen MR) is 140 cm³/mol. The minimum Gasteiger partial charge on any atom is -0.381 e. The summed E-state index contributed by atoms with van der Waals surface area (Å²) in [4.78, 5) is 38.3. The van der Waals surface area contributed by atoms with Crippen molar-refractivity contribution < 1.29 is 9.53 Å². The summed E-state index contributed by atoms with van der Waals surface area (Å²) in [6.07, 6.45) is 3.35. The number of hydrogen-bond acceptors (Lipinski definition) is 7. The lowest BCUT2D eigenvalue weighted by molar-refractivity contribution is 0.0492. The van der Waals surface area contributed by atoms with Crippen LogP contribution in [0.25, 0.3) is 21.8 Å². The first-order valence-corrected chi connectivity index (χ1v) is 13.5. The topological polar surface area (TPSA) is 96.3 Å². The van der Waals surface area contributed by atoms with Crippen LogP contribution in [0.5, 0.6) is 0 Å². The maximum atomic E-state index is 13.7. The Labute approximate surface area is 212 Å². The maximum absolute atomic E-state index is 13.7. The number of aromatic amines is 1. The van der Waals surface area contributed by atoms with Gasteiger partial charge in [-0.1, -0.05) is 0 Å². The molecule has 1 amide bonds. The fraction of sp³-hybridized carbons (Fsp3) is 0.462. The van der Waals surface area contributed by atoms with Gasteiger partial charge in [0, 0.05) is 61.8 Å². The van der Waals surface area contributed by atoms with Crippen LogP contribution in [-0.4, -0.2) is 74.3 Å². The van der Waals surface area contributed by atoms with Gasteiger partial charge < -0.3 is 14.6 Å². The molecule has 0 unspecified atom stereocenters. The zero-order chi connectivity index (χ0) is 24.8. The minimum absolute atomic E-state index is 0.0334. The van der Waals surface area contributed by atoms with Gasteiger partial charge in [-0.15, -0.1) is 11.3 Å². The third-order valence-electron chi connectivity index (χ3n) is 7.58. The van der Waals surface area contributed by atoms with Crippen LogP contribution in [-0.2, 0) is 11.3 Å². The second-order valence-corrected chi connectivity index (χ2v) is 10.6. The third-order valence-corrected chi connectivity index (χ3v) is 8.21. The van der Waals surface area contributed by atoms with E-state index in [1.807, 2.05) is 34.1 Å². The zero-order valence-electron chi connectivity index (χ0n) is 20.6. The molecule has 1 aromatic carbocycles. The number of piperazine rings is 1. The Kier molecular flexibility index (Phi) is 6.10. The molecule has 1 atom stereocenters. The molecule has 2 saturated heterocycles. The van der Waals surface area contributed by atoms with Gasteiger partial charge >= 0.3 is 0 Å². The van der Waals surface area contributed by atoms with Crippen LogP contribution in [0.15, 0.2) is 34.0 Å². The molecule has 10 heteroatoms. The fourth-order valence-electron chi connectivity index (χ4n) is 5.54. The molecular formula is C26H30N6O3S. The molecule has 5 heterocycles. The van der Waals surface area contributed by atoms with Crippen LogP contribution >= 0.6 is 11.3 Å². The molecule has 6 rings (SSSR count). The van der Waals surface area contributed by atoms with Crippen molar-refractivity contribution in [3.8, 4) is 0 Å². The number of H-pyrrole nitrogens is 1. The van der Waals surface area contributed by atoms with Crippen LogP contribution in [0.4, 0.5) is 0 Å². The van der Waals surface area contributed by atoms with Crippen molar-refractivity contribution in [1.29, 1.82) is 0 Å². The molecule has 0 aliphatic carbocycles. The Bertz CT molecular complexity index is 1470. The van der Waals surface area contributed by atoms with Crippen molar-refractivity contribution in [1.82, 2.24) is 29.5 Å². The van der Waals surface area contributed by atoms with Crippen molar-refractivity contribution in [3.63, 3.8) is 0 Å². The van der Waals surface area contributed by atoms with Gasteiger partial charge in [0.2, 0.25) is 0 Å². The summed E-state index contributed by atoms with van der Waals surface area (Å²) >= 11 is 1.61. The number of hydrogen-bond donors (Lipinski definition) is 1. The molecule has 2 aliphatic rings. The van der Waals surface area contributed by atoms with Crippen molar-refractivity contribution in [2.45, 2.75) is 45.3 Å². The van der Waals surface area contributed by atoms with E-state index in [1.54, 1.807) is 17.5 Å².